The SMILES string of the molecule is COc1ccc(C(Cl)C2CCOCC2)cc1C. The molecule has 1 aromatic rings. The highest BCUT2D eigenvalue weighted by Gasteiger charge is 2.23. The Balaban J connectivity index is 2.12. The molecular weight excluding hydrogens is 236 g/mol. The van der Waals surface area contributed by atoms with Gasteiger partial charge in [0.2, 0.25) is 0 Å². The second kappa shape index (κ2) is 5.74. The Bertz CT molecular complexity index is 372. The number of halogens is 1. The monoisotopic (exact) mass is 254 g/mol. The second-order valence-corrected chi connectivity index (χ2v) is 5.05. The Morgan fingerprint density at radius 2 is 2.06 bits per heavy atom. The van der Waals surface area contributed by atoms with Crippen LogP contribution in [0.3, 0.4) is 0 Å². The van der Waals surface area contributed by atoms with Gasteiger partial charge in [0.25, 0.3) is 0 Å². The lowest BCUT2D eigenvalue weighted by atomic mass is 9.91. The first-order chi connectivity index (χ1) is 8.22. The van der Waals surface area contributed by atoms with E-state index in [9.17, 15) is 0 Å². The van der Waals surface area contributed by atoms with Crippen molar-refractivity contribution in [1.82, 2.24) is 0 Å². The summed E-state index contributed by atoms with van der Waals surface area (Å²) in [5.41, 5.74) is 2.33. The van der Waals surface area contributed by atoms with Gasteiger partial charge in [-0.2, -0.15) is 0 Å². The maximum Gasteiger partial charge on any atom is 0.121 e. The maximum absolute atomic E-state index is 6.56. The highest BCUT2D eigenvalue weighted by molar-refractivity contribution is 6.21. The van der Waals surface area contributed by atoms with Crippen LogP contribution < -0.4 is 4.74 Å². The first kappa shape index (κ1) is 12.7. The lowest BCUT2D eigenvalue weighted by Gasteiger charge is -2.26. The fourth-order valence-electron chi connectivity index (χ4n) is 2.35. The number of benzene rings is 1. The van der Waals surface area contributed by atoms with E-state index < -0.39 is 0 Å². The third kappa shape index (κ3) is 2.93. The van der Waals surface area contributed by atoms with E-state index in [1.54, 1.807) is 7.11 Å². The van der Waals surface area contributed by atoms with Crippen molar-refractivity contribution in [3.63, 3.8) is 0 Å². The third-order valence-corrected chi connectivity index (χ3v) is 4.03. The van der Waals surface area contributed by atoms with Gasteiger partial charge in [0.1, 0.15) is 5.75 Å². The van der Waals surface area contributed by atoms with Crippen LogP contribution >= 0.6 is 11.6 Å². The Hall–Kier alpha value is -0.730. The standard InChI is InChI=1S/C14H19ClO2/c1-10-9-12(3-4-13(10)16-2)14(15)11-5-7-17-8-6-11/h3-4,9,11,14H,5-8H2,1-2H3. The quantitative estimate of drug-likeness (QED) is 0.766. The zero-order valence-electron chi connectivity index (χ0n) is 10.4. The predicted molar refractivity (Wildman–Crippen MR) is 69.9 cm³/mol. The number of hydrogen-bond donors (Lipinski definition) is 0. The van der Waals surface area contributed by atoms with Gasteiger partial charge >= 0.3 is 0 Å². The normalized spacial score (nSPS) is 19.0. The predicted octanol–water partition coefficient (Wildman–Crippen LogP) is 3.71. The van der Waals surface area contributed by atoms with Gasteiger partial charge in [-0.15, -0.1) is 11.6 Å². The van der Waals surface area contributed by atoms with E-state index in [4.69, 9.17) is 21.1 Å². The minimum Gasteiger partial charge on any atom is -0.496 e. The van der Waals surface area contributed by atoms with Crippen LogP contribution in [0, 0.1) is 12.8 Å². The van der Waals surface area contributed by atoms with Crippen molar-refractivity contribution in [2.75, 3.05) is 20.3 Å². The summed E-state index contributed by atoms with van der Waals surface area (Å²) in [4.78, 5) is 0. The van der Waals surface area contributed by atoms with Crippen molar-refractivity contribution in [1.29, 1.82) is 0 Å². The molecule has 1 atom stereocenters. The minimum atomic E-state index is 0.0866. The molecule has 0 aromatic heterocycles. The van der Waals surface area contributed by atoms with Crippen molar-refractivity contribution >= 4 is 11.6 Å². The van der Waals surface area contributed by atoms with Crippen LogP contribution in [0.5, 0.6) is 5.75 Å². The van der Waals surface area contributed by atoms with E-state index in [0.29, 0.717) is 5.92 Å². The molecule has 94 valence electrons. The molecule has 0 radical (unpaired) electrons. The van der Waals surface area contributed by atoms with Crippen LogP contribution in [0.25, 0.3) is 0 Å². The number of rotatable bonds is 3. The van der Waals surface area contributed by atoms with E-state index in [1.165, 1.54) is 5.56 Å². The molecule has 2 rings (SSSR count). The molecule has 3 heteroatoms. The summed E-state index contributed by atoms with van der Waals surface area (Å²) < 4.78 is 10.6. The summed E-state index contributed by atoms with van der Waals surface area (Å²) >= 11 is 6.56. The van der Waals surface area contributed by atoms with Crippen LogP contribution in [-0.2, 0) is 4.74 Å². The van der Waals surface area contributed by atoms with Crippen LogP contribution in [0.4, 0.5) is 0 Å². The highest BCUT2D eigenvalue weighted by atomic mass is 35.5. The van der Waals surface area contributed by atoms with Gasteiger partial charge in [0.05, 0.1) is 12.5 Å². The van der Waals surface area contributed by atoms with Gasteiger partial charge < -0.3 is 9.47 Å². The molecule has 0 amide bonds. The Morgan fingerprint density at radius 1 is 1.35 bits per heavy atom. The Labute approximate surface area is 108 Å². The summed E-state index contributed by atoms with van der Waals surface area (Å²) in [6, 6.07) is 6.20. The molecule has 17 heavy (non-hydrogen) atoms. The lowest BCUT2D eigenvalue weighted by Crippen LogP contribution is -2.19. The molecule has 0 N–H and O–H groups in total. The molecule has 0 spiro atoms. The van der Waals surface area contributed by atoms with Gasteiger partial charge in [-0.1, -0.05) is 12.1 Å². The first-order valence-electron chi connectivity index (χ1n) is 6.08. The van der Waals surface area contributed by atoms with Crippen LogP contribution in [-0.4, -0.2) is 20.3 Å². The average molecular weight is 255 g/mol. The molecule has 0 aliphatic carbocycles. The Morgan fingerprint density at radius 3 is 2.65 bits per heavy atom. The van der Waals surface area contributed by atoms with E-state index >= 15 is 0 Å². The van der Waals surface area contributed by atoms with Crippen LogP contribution in [0.2, 0.25) is 0 Å². The molecule has 1 aromatic carbocycles. The average Bonchev–Trinajstić information content (AvgIpc) is 2.39. The van der Waals surface area contributed by atoms with E-state index in [2.05, 4.69) is 19.1 Å². The molecule has 0 bridgehead atoms. The van der Waals surface area contributed by atoms with Gasteiger partial charge in [-0.25, -0.2) is 0 Å². The van der Waals surface area contributed by atoms with E-state index in [1.807, 2.05) is 6.07 Å². The fraction of sp³-hybridized carbons (Fsp3) is 0.571. The van der Waals surface area contributed by atoms with Gasteiger partial charge in [-0.3, -0.25) is 0 Å². The van der Waals surface area contributed by atoms with Gasteiger partial charge in [0, 0.05) is 13.2 Å². The van der Waals surface area contributed by atoms with Crippen molar-refractivity contribution in [2.45, 2.75) is 25.1 Å². The summed E-state index contributed by atoms with van der Waals surface area (Å²) in [6.07, 6.45) is 2.11. The van der Waals surface area contributed by atoms with Crippen LogP contribution in [0.15, 0.2) is 18.2 Å². The maximum atomic E-state index is 6.56. The van der Waals surface area contributed by atoms with Crippen molar-refractivity contribution in [3.8, 4) is 5.75 Å². The first-order valence-corrected chi connectivity index (χ1v) is 6.52. The lowest BCUT2D eigenvalue weighted by molar-refractivity contribution is 0.0650. The van der Waals surface area contributed by atoms with E-state index in [-0.39, 0.29) is 5.38 Å². The zero-order valence-corrected chi connectivity index (χ0v) is 11.2. The second-order valence-electron chi connectivity index (χ2n) is 4.58. The summed E-state index contributed by atoms with van der Waals surface area (Å²) in [5.74, 6) is 1.45. The molecule has 2 nitrogen and oxygen atoms in total. The fourth-order valence-corrected chi connectivity index (χ4v) is 2.74. The molecule has 1 aliphatic heterocycles. The smallest absolute Gasteiger partial charge is 0.121 e. The number of ether oxygens (including phenoxy) is 2. The van der Waals surface area contributed by atoms with E-state index in [0.717, 1.165) is 37.4 Å². The largest absolute Gasteiger partial charge is 0.496 e. The molecule has 1 saturated heterocycles. The van der Waals surface area contributed by atoms with Gasteiger partial charge in [-0.05, 0) is 42.9 Å². The summed E-state index contributed by atoms with van der Waals surface area (Å²) in [7, 11) is 1.69. The molecule has 1 aliphatic rings. The molecule has 1 unspecified atom stereocenters. The number of alkyl halides is 1. The number of hydrogen-bond acceptors (Lipinski definition) is 2. The molecule has 0 saturated carbocycles. The van der Waals surface area contributed by atoms with Gasteiger partial charge in [0.15, 0.2) is 0 Å². The van der Waals surface area contributed by atoms with Crippen molar-refractivity contribution < 1.29 is 9.47 Å². The number of methoxy groups -OCH3 is 1. The Kier molecular flexibility index (Phi) is 4.30. The van der Waals surface area contributed by atoms with Crippen molar-refractivity contribution in [3.05, 3.63) is 29.3 Å². The minimum absolute atomic E-state index is 0.0866. The topological polar surface area (TPSA) is 18.5 Å². The highest BCUT2D eigenvalue weighted by Crippen LogP contribution is 2.36. The van der Waals surface area contributed by atoms with Crippen LogP contribution in [0.1, 0.15) is 29.3 Å². The summed E-state index contributed by atoms with van der Waals surface area (Å²) in [5, 5.41) is 0.0866. The molecular formula is C14H19ClO2. The molecule has 1 fully saturated rings. The third-order valence-electron chi connectivity index (χ3n) is 3.42. The zero-order chi connectivity index (χ0) is 12.3. The summed E-state index contributed by atoms with van der Waals surface area (Å²) in [6.45, 7) is 3.72. The number of aryl methyl sites for hydroxylation is 1. The van der Waals surface area contributed by atoms with Crippen molar-refractivity contribution in [2.24, 2.45) is 5.92 Å². The molecule has 1 heterocycles.